The Morgan fingerprint density at radius 2 is 1.71 bits per heavy atom. The molecule has 4 aromatic rings. The van der Waals surface area contributed by atoms with Crippen LogP contribution in [0.25, 0.3) is 0 Å². The SMILES string of the molecule is C=CCOC12Oc3ccc(OCCSc4ccccc4)cc3C3C(CCCCO)C(CCCCO)C=C(C(=NOCc4ccc([N+](=O)[O-])cc4)CC1N(Cc1ccc4c(c1)OCO4)C(=O)OC)C32. The van der Waals surface area contributed by atoms with Gasteiger partial charge in [0.25, 0.3) is 5.69 Å². The lowest BCUT2D eigenvalue weighted by atomic mass is 9.55. The van der Waals surface area contributed by atoms with Crippen LogP contribution in [0, 0.1) is 27.9 Å². The predicted octanol–water partition coefficient (Wildman–Crippen LogP) is 9.60. The molecule has 360 valence electrons. The van der Waals surface area contributed by atoms with Crippen LogP contribution >= 0.6 is 11.8 Å². The number of aliphatic hydroxyl groups excluding tert-OH is 2. The van der Waals surface area contributed by atoms with Crippen LogP contribution < -0.4 is 18.9 Å². The number of fused-ring (bicyclic) bond motifs is 3. The Balaban J connectivity index is 1.27. The number of carbonyl (C=O) groups is 1. The number of unbranched alkanes of at least 4 members (excludes halogenated alkanes) is 2. The average Bonchev–Trinajstić information content (AvgIpc) is 3.84. The first kappa shape index (κ1) is 48.4. The topological polar surface area (TPSA) is 181 Å². The fourth-order valence-corrected chi connectivity index (χ4v) is 10.9. The fraction of sp³-hybridized carbons (Fsp3) is 0.423. The van der Waals surface area contributed by atoms with Gasteiger partial charge in [-0.1, -0.05) is 54.4 Å². The molecule has 6 atom stereocenters. The Labute approximate surface area is 400 Å². The molecule has 0 saturated heterocycles. The number of amides is 1. The molecule has 16 heteroatoms. The Kier molecular flexibility index (Phi) is 16.2. The number of rotatable bonds is 23. The Hall–Kier alpha value is -6.07. The third-order valence-corrected chi connectivity index (χ3v) is 14.1. The number of methoxy groups -OCH3 is 1. The van der Waals surface area contributed by atoms with E-state index in [4.69, 9.17) is 38.4 Å². The lowest BCUT2D eigenvalue weighted by Crippen LogP contribution is -2.70. The van der Waals surface area contributed by atoms with E-state index in [0.29, 0.717) is 53.7 Å². The highest BCUT2D eigenvalue weighted by atomic mass is 32.2. The van der Waals surface area contributed by atoms with Gasteiger partial charge in [0, 0.05) is 60.4 Å². The van der Waals surface area contributed by atoms with Gasteiger partial charge in [-0.3, -0.25) is 15.0 Å². The van der Waals surface area contributed by atoms with Crippen LogP contribution in [0.15, 0.2) is 125 Å². The molecule has 0 bridgehead atoms. The zero-order chi connectivity index (χ0) is 47.5. The number of aliphatic hydroxyl groups is 2. The van der Waals surface area contributed by atoms with Gasteiger partial charge in [0.2, 0.25) is 12.6 Å². The summed E-state index contributed by atoms with van der Waals surface area (Å²) in [4.78, 5) is 34.4. The van der Waals surface area contributed by atoms with Crippen molar-refractivity contribution in [3.8, 4) is 23.0 Å². The number of benzene rings is 4. The van der Waals surface area contributed by atoms with Gasteiger partial charge >= 0.3 is 6.09 Å². The number of nitrogens with zero attached hydrogens (tertiary/aromatic N) is 3. The number of non-ortho nitro benzene ring substituents is 1. The fourth-order valence-electron chi connectivity index (χ4n) is 10.1. The van der Waals surface area contributed by atoms with Crippen molar-refractivity contribution in [1.82, 2.24) is 4.90 Å². The first-order chi connectivity index (χ1) is 33.3. The van der Waals surface area contributed by atoms with Gasteiger partial charge in [0.15, 0.2) is 11.5 Å². The molecule has 0 radical (unpaired) electrons. The van der Waals surface area contributed by atoms with Crippen molar-refractivity contribution in [1.29, 1.82) is 0 Å². The van der Waals surface area contributed by atoms with E-state index in [1.54, 1.807) is 34.9 Å². The highest BCUT2D eigenvalue weighted by Gasteiger charge is 2.65. The summed E-state index contributed by atoms with van der Waals surface area (Å²) in [6.07, 6.45) is 7.78. The van der Waals surface area contributed by atoms with E-state index < -0.39 is 28.8 Å². The number of allylic oxidation sites excluding steroid dienone is 1. The second-order valence-corrected chi connectivity index (χ2v) is 18.4. The highest BCUT2D eigenvalue weighted by Crippen LogP contribution is 2.62. The van der Waals surface area contributed by atoms with Crippen molar-refractivity contribution in [3.63, 3.8) is 0 Å². The van der Waals surface area contributed by atoms with Crippen molar-refractivity contribution in [2.45, 2.75) is 80.7 Å². The molecule has 2 N–H and O–H groups in total. The molecule has 15 nitrogen and oxygen atoms in total. The maximum Gasteiger partial charge on any atom is 0.410 e. The van der Waals surface area contributed by atoms with Gasteiger partial charge in [0.1, 0.15) is 24.1 Å². The Morgan fingerprint density at radius 1 is 0.956 bits per heavy atom. The molecule has 6 unspecified atom stereocenters. The number of thioether (sulfide) groups is 1. The monoisotopic (exact) mass is 949 g/mol. The number of hydrogen-bond donors (Lipinski definition) is 2. The summed E-state index contributed by atoms with van der Waals surface area (Å²) in [5.74, 6) is 0.804. The molecule has 2 aliphatic heterocycles. The van der Waals surface area contributed by atoms with Gasteiger partial charge < -0.3 is 43.5 Å². The molecule has 4 aromatic carbocycles. The minimum absolute atomic E-state index is 0.00583. The normalized spacial score (nSPS) is 22.5. The van der Waals surface area contributed by atoms with E-state index in [-0.39, 0.29) is 69.6 Å². The molecule has 1 amide bonds. The van der Waals surface area contributed by atoms with Gasteiger partial charge in [-0.15, -0.1) is 18.3 Å². The van der Waals surface area contributed by atoms with Crippen molar-refractivity contribution < 1.29 is 53.2 Å². The van der Waals surface area contributed by atoms with Crippen LogP contribution in [0.3, 0.4) is 0 Å². The quantitative estimate of drug-likeness (QED) is 0.0236. The minimum atomic E-state index is -1.53. The number of carbonyl (C=O) groups excluding carboxylic acids is 1. The van der Waals surface area contributed by atoms with Crippen LogP contribution in [0.1, 0.15) is 67.6 Å². The maximum absolute atomic E-state index is 14.4. The van der Waals surface area contributed by atoms with E-state index in [9.17, 15) is 25.1 Å². The van der Waals surface area contributed by atoms with Crippen LogP contribution in [0.4, 0.5) is 10.5 Å². The first-order valence-electron chi connectivity index (χ1n) is 23.2. The number of nitro benzene ring substituents is 1. The van der Waals surface area contributed by atoms with Crippen molar-refractivity contribution in [2.75, 3.05) is 46.1 Å². The Bertz CT molecular complexity index is 2430. The summed E-state index contributed by atoms with van der Waals surface area (Å²) in [6.45, 7) is 4.90. The molecule has 0 spiro atoms. The molecule has 8 rings (SSSR count). The standard InChI is InChI=1S/C52H59N3O12S/c1-3-25-65-52-48(54(51(58)61-2)32-36-17-21-46-47(28-36)64-34-63-46)31-44(53-66-33-35-15-18-38(19-16-35)55(59)60)42-29-37(11-7-9-23-56)41(14-8-10-24-57)49(50(42)52)43-30-39(20-22-45(43)67-52)62-26-27-68-40-12-5-4-6-13-40/h3-6,12-13,15-22,28-30,37,41,48-50,56-57H,1,7-11,14,23-27,31-34H2,2H3. The zero-order valence-corrected chi connectivity index (χ0v) is 39.1. The number of ether oxygens (including phenoxy) is 6. The van der Waals surface area contributed by atoms with E-state index in [0.717, 1.165) is 53.0 Å². The summed E-state index contributed by atoms with van der Waals surface area (Å²) in [7, 11) is 1.34. The predicted molar refractivity (Wildman–Crippen MR) is 256 cm³/mol. The average molecular weight is 950 g/mol. The van der Waals surface area contributed by atoms with Crippen molar-refractivity contribution in [3.05, 3.63) is 142 Å². The van der Waals surface area contributed by atoms with Crippen LogP contribution in [-0.2, 0) is 27.5 Å². The van der Waals surface area contributed by atoms with Gasteiger partial charge in [-0.2, -0.15) is 0 Å². The van der Waals surface area contributed by atoms with Gasteiger partial charge in [-0.25, -0.2) is 4.79 Å². The number of hydrogen-bond acceptors (Lipinski definition) is 14. The summed E-state index contributed by atoms with van der Waals surface area (Å²) < 4.78 is 37.9. The van der Waals surface area contributed by atoms with Gasteiger partial charge in [0.05, 0.1) is 36.9 Å². The molecule has 68 heavy (non-hydrogen) atoms. The minimum Gasteiger partial charge on any atom is -0.493 e. The molecule has 4 aliphatic rings. The van der Waals surface area contributed by atoms with Crippen LogP contribution in [0.2, 0.25) is 0 Å². The lowest BCUT2D eigenvalue weighted by Gasteiger charge is -2.59. The third-order valence-electron chi connectivity index (χ3n) is 13.1. The third kappa shape index (κ3) is 10.8. The molecule has 0 aromatic heterocycles. The summed E-state index contributed by atoms with van der Waals surface area (Å²) in [5.41, 5.74) is 3.77. The molecular weight excluding hydrogens is 891 g/mol. The zero-order valence-electron chi connectivity index (χ0n) is 38.2. The molecular formula is C52H59N3O12S. The van der Waals surface area contributed by atoms with Crippen molar-refractivity contribution >= 4 is 29.3 Å². The van der Waals surface area contributed by atoms with E-state index in [1.807, 2.05) is 48.5 Å². The Morgan fingerprint density at radius 3 is 2.46 bits per heavy atom. The largest absolute Gasteiger partial charge is 0.493 e. The number of oxime groups is 1. The summed E-state index contributed by atoms with van der Waals surface area (Å²) in [5, 5.41) is 36.3. The summed E-state index contributed by atoms with van der Waals surface area (Å²) in [6, 6.07) is 26.9. The van der Waals surface area contributed by atoms with Gasteiger partial charge in [-0.05, 0) is 109 Å². The molecule has 1 fully saturated rings. The molecule has 2 aliphatic carbocycles. The highest BCUT2D eigenvalue weighted by molar-refractivity contribution is 7.99. The first-order valence-corrected chi connectivity index (χ1v) is 24.2. The second-order valence-electron chi connectivity index (χ2n) is 17.3. The summed E-state index contributed by atoms with van der Waals surface area (Å²) >= 11 is 1.72. The maximum atomic E-state index is 14.4. The molecule has 2 heterocycles. The second kappa shape index (κ2) is 22.8. The van der Waals surface area contributed by atoms with E-state index >= 15 is 0 Å². The van der Waals surface area contributed by atoms with E-state index in [1.165, 1.54) is 19.2 Å². The number of nitro groups is 1. The van der Waals surface area contributed by atoms with Crippen molar-refractivity contribution in [2.24, 2.45) is 22.9 Å². The molecule has 1 saturated carbocycles. The van der Waals surface area contributed by atoms with Crippen LogP contribution in [-0.4, -0.2) is 89.8 Å². The van der Waals surface area contributed by atoms with Crippen LogP contribution in [0.5, 0.6) is 23.0 Å². The van der Waals surface area contributed by atoms with E-state index in [2.05, 4.69) is 30.9 Å². The lowest BCUT2D eigenvalue weighted by molar-refractivity contribution is -0.384. The smallest absolute Gasteiger partial charge is 0.410 e.